The topological polar surface area (TPSA) is 63.9 Å². The number of nitrogens with one attached hydrogen (secondary N) is 1. The molecule has 6 nitrogen and oxygen atoms in total. The van der Waals surface area contributed by atoms with E-state index in [1.54, 1.807) is 19.1 Å². The summed E-state index contributed by atoms with van der Waals surface area (Å²) in [7, 11) is 3.38. The van der Waals surface area contributed by atoms with Crippen molar-refractivity contribution in [2.24, 2.45) is 0 Å². The van der Waals surface area contributed by atoms with Crippen LogP contribution < -0.4 is 10.1 Å². The highest BCUT2D eigenvalue weighted by Crippen LogP contribution is 2.28. The van der Waals surface area contributed by atoms with Crippen molar-refractivity contribution in [3.8, 4) is 5.75 Å². The molecule has 1 heterocycles. The Morgan fingerprint density at radius 3 is 2.76 bits per heavy atom. The lowest BCUT2D eigenvalue weighted by Crippen LogP contribution is -2.35. The van der Waals surface area contributed by atoms with Crippen LogP contribution in [-0.4, -0.2) is 43.8 Å². The fraction of sp³-hybridized carbons (Fsp3) is 0.526. The van der Waals surface area contributed by atoms with E-state index in [0.717, 1.165) is 35.4 Å². The lowest BCUT2D eigenvalue weighted by Gasteiger charge is -2.24. The van der Waals surface area contributed by atoms with Crippen molar-refractivity contribution < 1.29 is 18.7 Å². The molecule has 2 rings (SSSR count). The lowest BCUT2D eigenvalue weighted by molar-refractivity contribution is 0.0297. The minimum Gasteiger partial charge on any atom is -0.493 e. The van der Waals surface area contributed by atoms with E-state index in [1.165, 1.54) is 0 Å². The van der Waals surface area contributed by atoms with Crippen LogP contribution in [-0.2, 0) is 11.3 Å². The number of hydrogen-bond donors (Lipinski definition) is 1. The molecule has 138 valence electrons. The third-order valence-electron chi connectivity index (χ3n) is 3.63. The quantitative estimate of drug-likeness (QED) is 0.771. The molecule has 0 unspecified atom stereocenters. The van der Waals surface area contributed by atoms with E-state index >= 15 is 0 Å². The Kier molecular flexibility index (Phi) is 6.31. The molecule has 0 aliphatic heterocycles. The number of amides is 1. The van der Waals surface area contributed by atoms with Crippen molar-refractivity contribution >= 4 is 17.1 Å². The number of hydrogen-bond acceptors (Lipinski definition) is 5. The Balaban J connectivity index is 1.74. The summed E-state index contributed by atoms with van der Waals surface area (Å²) in [6.07, 6.45) is 0.538. The molecule has 1 aromatic heterocycles. The molecule has 1 aromatic carbocycles. The van der Waals surface area contributed by atoms with Crippen LogP contribution in [0.1, 0.15) is 33.0 Å². The number of furan rings is 1. The Labute approximate surface area is 149 Å². The smallest absolute Gasteiger partial charge is 0.410 e. The number of carbonyl (C=O) groups excluding carboxylic acids is 1. The normalized spacial score (nSPS) is 11.6. The van der Waals surface area contributed by atoms with Crippen LogP contribution in [0.25, 0.3) is 11.0 Å². The molecule has 0 fully saturated rings. The molecule has 0 bridgehead atoms. The first-order chi connectivity index (χ1) is 11.8. The van der Waals surface area contributed by atoms with Crippen LogP contribution in [0, 0.1) is 0 Å². The summed E-state index contributed by atoms with van der Waals surface area (Å²) in [5.41, 5.74) is 0.304. The standard InChI is InChI=1S/C19H28N2O4/c1-19(2,3)25-18(22)21(4)11-7-10-20-13-15-12-14-8-6-9-16(23-5)17(14)24-15/h6,8-9,12,20H,7,10-11,13H2,1-5H3. The number of methoxy groups -OCH3 is 1. The molecular formula is C19H28N2O4. The van der Waals surface area contributed by atoms with E-state index < -0.39 is 5.60 Å². The van der Waals surface area contributed by atoms with E-state index in [0.29, 0.717) is 13.1 Å². The van der Waals surface area contributed by atoms with Crippen LogP contribution >= 0.6 is 0 Å². The van der Waals surface area contributed by atoms with Gasteiger partial charge in [-0.1, -0.05) is 12.1 Å². The molecular weight excluding hydrogens is 320 g/mol. The lowest BCUT2D eigenvalue weighted by atomic mass is 10.2. The third kappa shape index (κ3) is 5.67. The summed E-state index contributed by atoms with van der Waals surface area (Å²) >= 11 is 0. The monoisotopic (exact) mass is 348 g/mol. The zero-order chi connectivity index (χ0) is 18.4. The van der Waals surface area contributed by atoms with Crippen LogP contribution in [0.2, 0.25) is 0 Å². The first-order valence-electron chi connectivity index (χ1n) is 8.50. The maximum Gasteiger partial charge on any atom is 0.410 e. The zero-order valence-electron chi connectivity index (χ0n) is 15.7. The first-order valence-corrected chi connectivity index (χ1v) is 8.50. The van der Waals surface area contributed by atoms with Crippen LogP contribution in [0.5, 0.6) is 5.75 Å². The van der Waals surface area contributed by atoms with E-state index in [2.05, 4.69) is 5.32 Å². The van der Waals surface area contributed by atoms with Gasteiger partial charge >= 0.3 is 6.09 Å². The van der Waals surface area contributed by atoms with Gasteiger partial charge in [0.2, 0.25) is 0 Å². The van der Waals surface area contributed by atoms with Gasteiger partial charge in [0.15, 0.2) is 11.3 Å². The molecule has 0 aliphatic rings. The van der Waals surface area contributed by atoms with Gasteiger partial charge in [-0.3, -0.25) is 0 Å². The minimum atomic E-state index is -0.466. The number of fused-ring (bicyclic) bond motifs is 1. The summed E-state index contributed by atoms with van der Waals surface area (Å²) in [6.45, 7) is 7.64. The van der Waals surface area contributed by atoms with E-state index in [9.17, 15) is 4.79 Å². The van der Waals surface area contributed by atoms with E-state index in [4.69, 9.17) is 13.9 Å². The fourth-order valence-electron chi connectivity index (χ4n) is 2.42. The van der Waals surface area contributed by atoms with Crippen molar-refractivity contribution in [1.29, 1.82) is 0 Å². The largest absolute Gasteiger partial charge is 0.493 e. The molecule has 2 aromatic rings. The average Bonchev–Trinajstić information content (AvgIpc) is 2.95. The molecule has 1 amide bonds. The second-order valence-electron chi connectivity index (χ2n) is 7.02. The minimum absolute atomic E-state index is 0.295. The number of para-hydroxylation sites is 1. The molecule has 1 N–H and O–H groups in total. The summed E-state index contributed by atoms with van der Waals surface area (Å²) in [5, 5.41) is 4.36. The van der Waals surface area contributed by atoms with Gasteiger partial charge in [-0.2, -0.15) is 0 Å². The van der Waals surface area contributed by atoms with Crippen molar-refractivity contribution in [3.05, 3.63) is 30.0 Å². The Morgan fingerprint density at radius 1 is 1.32 bits per heavy atom. The second-order valence-corrected chi connectivity index (χ2v) is 7.02. The first kappa shape index (κ1) is 19.1. The zero-order valence-corrected chi connectivity index (χ0v) is 15.7. The maximum absolute atomic E-state index is 11.9. The van der Waals surface area contributed by atoms with Gasteiger partial charge in [0.05, 0.1) is 13.7 Å². The average molecular weight is 348 g/mol. The van der Waals surface area contributed by atoms with Gasteiger partial charge in [0.25, 0.3) is 0 Å². The van der Waals surface area contributed by atoms with Gasteiger partial charge in [-0.25, -0.2) is 4.79 Å². The van der Waals surface area contributed by atoms with Gasteiger partial charge in [-0.05, 0) is 45.9 Å². The summed E-state index contributed by atoms with van der Waals surface area (Å²) < 4.78 is 16.5. The number of benzene rings is 1. The second kappa shape index (κ2) is 8.25. The van der Waals surface area contributed by atoms with Crippen molar-refractivity contribution in [1.82, 2.24) is 10.2 Å². The Morgan fingerprint density at radius 2 is 2.08 bits per heavy atom. The number of ether oxygens (including phenoxy) is 2. The maximum atomic E-state index is 11.9. The van der Waals surface area contributed by atoms with Crippen LogP contribution in [0.15, 0.2) is 28.7 Å². The predicted octanol–water partition coefficient (Wildman–Crippen LogP) is 3.79. The summed E-state index contributed by atoms with van der Waals surface area (Å²) in [5.74, 6) is 1.60. The highest BCUT2D eigenvalue weighted by Gasteiger charge is 2.19. The Hall–Kier alpha value is -2.21. The number of rotatable bonds is 7. The van der Waals surface area contributed by atoms with Gasteiger partial charge in [0.1, 0.15) is 11.4 Å². The van der Waals surface area contributed by atoms with Gasteiger partial charge in [-0.15, -0.1) is 0 Å². The predicted molar refractivity (Wildman–Crippen MR) is 98.0 cm³/mol. The molecule has 0 radical (unpaired) electrons. The molecule has 0 saturated carbocycles. The Bertz CT molecular complexity index is 703. The number of carbonyl (C=O) groups is 1. The highest BCUT2D eigenvalue weighted by atomic mass is 16.6. The summed E-state index contributed by atoms with van der Waals surface area (Å²) in [6, 6.07) is 7.84. The van der Waals surface area contributed by atoms with Gasteiger partial charge in [0, 0.05) is 19.0 Å². The number of nitrogens with zero attached hydrogens (tertiary/aromatic N) is 1. The van der Waals surface area contributed by atoms with E-state index in [1.807, 2.05) is 45.0 Å². The van der Waals surface area contributed by atoms with Gasteiger partial charge < -0.3 is 24.1 Å². The molecule has 0 saturated heterocycles. The molecule has 6 heteroatoms. The molecule has 0 atom stereocenters. The van der Waals surface area contributed by atoms with Crippen molar-refractivity contribution in [2.45, 2.75) is 39.3 Å². The van der Waals surface area contributed by atoms with E-state index in [-0.39, 0.29) is 6.09 Å². The van der Waals surface area contributed by atoms with Crippen LogP contribution in [0.3, 0.4) is 0 Å². The molecule has 25 heavy (non-hydrogen) atoms. The van der Waals surface area contributed by atoms with Crippen LogP contribution in [0.4, 0.5) is 4.79 Å². The van der Waals surface area contributed by atoms with Crippen molar-refractivity contribution in [3.63, 3.8) is 0 Å². The SMILES string of the molecule is COc1cccc2cc(CNCCCN(C)C(=O)OC(C)(C)C)oc12. The third-order valence-corrected chi connectivity index (χ3v) is 3.63. The summed E-state index contributed by atoms with van der Waals surface area (Å²) in [4.78, 5) is 13.5. The molecule has 0 spiro atoms. The molecule has 0 aliphatic carbocycles. The van der Waals surface area contributed by atoms with Crippen molar-refractivity contribution in [2.75, 3.05) is 27.2 Å². The fourth-order valence-corrected chi connectivity index (χ4v) is 2.42. The highest BCUT2D eigenvalue weighted by molar-refractivity contribution is 5.83.